The second kappa shape index (κ2) is 8.93. The van der Waals surface area contributed by atoms with E-state index in [1.165, 1.54) is 11.9 Å². The first-order valence-corrected chi connectivity index (χ1v) is 10.6. The van der Waals surface area contributed by atoms with Gasteiger partial charge in [0.15, 0.2) is 0 Å². The third-order valence-electron chi connectivity index (χ3n) is 4.32. The minimum atomic E-state index is -3.32. The number of ether oxygens (including phenoxy) is 1. The van der Waals surface area contributed by atoms with E-state index in [2.05, 4.69) is 15.4 Å². The van der Waals surface area contributed by atoms with Crippen molar-refractivity contribution in [2.45, 2.75) is 12.3 Å². The van der Waals surface area contributed by atoms with Crippen LogP contribution < -0.4 is 20.3 Å². The molecule has 0 atom stereocenters. The average Bonchev–Trinajstić information content (AvgIpc) is 3.13. The fraction of sp³-hybridized carbons (Fsp3) is 0.263. The maximum absolute atomic E-state index is 12.2. The molecule has 3 rings (SSSR count). The molecule has 1 saturated heterocycles. The van der Waals surface area contributed by atoms with Crippen LogP contribution in [0, 0.1) is 0 Å². The molecule has 3 N–H and O–H groups in total. The third kappa shape index (κ3) is 5.69. The van der Waals surface area contributed by atoms with E-state index in [9.17, 15) is 18.0 Å². The number of nitrogens with one attached hydrogen (secondary N) is 3. The molecule has 0 radical (unpaired) electrons. The number of sulfonamides is 1. The standard InChI is InChI=1S/C19H22N4O5S/c1-20-29(26,27)13-15-7-5-14(6-8-15)12-21-18(24)22-16-3-2-4-17(11-16)23-9-10-28-19(23)25/h2-8,11,20H,9-10,12-13H2,1H3,(H2,21,22,24). The van der Waals surface area contributed by atoms with Crippen LogP contribution in [0.3, 0.4) is 0 Å². The Labute approximate surface area is 169 Å². The average molecular weight is 418 g/mol. The first-order chi connectivity index (χ1) is 13.9. The lowest BCUT2D eigenvalue weighted by Crippen LogP contribution is -2.28. The predicted molar refractivity (Wildman–Crippen MR) is 109 cm³/mol. The van der Waals surface area contributed by atoms with Gasteiger partial charge in [-0.25, -0.2) is 22.7 Å². The number of urea groups is 1. The van der Waals surface area contributed by atoms with Gasteiger partial charge in [0.25, 0.3) is 0 Å². The highest BCUT2D eigenvalue weighted by molar-refractivity contribution is 7.88. The number of anilines is 2. The summed E-state index contributed by atoms with van der Waals surface area (Å²) in [4.78, 5) is 25.3. The summed E-state index contributed by atoms with van der Waals surface area (Å²) in [7, 11) is -1.95. The highest BCUT2D eigenvalue weighted by Gasteiger charge is 2.23. The van der Waals surface area contributed by atoms with Gasteiger partial charge in [-0.1, -0.05) is 30.3 Å². The maximum atomic E-state index is 12.2. The van der Waals surface area contributed by atoms with Gasteiger partial charge >= 0.3 is 12.1 Å². The first-order valence-electron chi connectivity index (χ1n) is 8.94. The summed E-state index contributed by atoms with van der Waals surface area (Å²) < 4.78 is 30.3. The van der Waals surface area contributed by atoms with E-state index in [4.69, 9.17) is 4.74 Å². The lowest BCUT2D eigenvalue weighted by atomic mass is 10.1. The topological polar surface area (TPSA) is 117 Å². The van der Waals surface area contributed by atoms with Crippen LogP contribution in [-0.2, 0) is 27.1 Å². The van der Waals surface area contributed by atoms with Crippen LogP contribution in [0.25, 0.3) is 0 Å². The van der Waals surface area contributed by atoms with Crippen molar-refractivity contribution in [3.05, 3.63) is 59.7 Å². The molecular formula is C19H22N4O5S. The number of amides is 3. The smallest absolute Gasteiger partial charge is 0.414 e. The van der Waals surface area contributed by atoms with Crippen LogP contribution in [-0.4, -0.2) is 40.7 Å². The molecule has 0 saturated carbocycles. The molecule has 0 aromatic heterocycles. The summed E-state index contributed by atoms with van der Waals surface area (Å²) in [5.74, 6) is -0.0986. The molecule has 0 aliphatic carbocycles. The Morgan fingerprint density at radius 2 is 1.86 bits per heavy atom. The van der Waals surface area contributed by atoms with Crippen molar-refractivity contribution < 1.29 is 22.7 Å². The summed E-state index contributed by atoms with van der Waals surface area (Å²) in [5, 5.41) is 5.46. The van der Waals surface area contributed by atoms with E-state index in [0.717, 1.165) is 5.56 Å². The van der Waals surface area contributed by atoms with Gasteiger partial charge in [0.1, 0.15) is 6.61 Å². The van der Waals surface area contributed by atoms with E-state index < -0.39 is 22.1 Å². The number of hydrogen-bond donors (Lipinski definition) is 3. The van der Waals surface area contributed by atoms with Gasteiger partial charge in [0.05, 0.1) is 12.3 Å². The van der Waals surface area contributed by atoms with Gasteiger partial charge in [0, 0.05) is 17.9 Å². The van der Waals surface area contributed by atoms with Crippen molar-refractivity contribution in [1.29, 1.82) is 0 Å². The zero-order chi connectivity index (χ0) is 20.9. The Kier molecular flexibility index (Phi) is 6.35. The van der Waals surface area contributed by atoms with E-state index in [-0.39, 0.29) is 12.3 Å². The lowest BCUT2D eigenvalue weighted by molar-refractivity contribution is 0.181. The summed E-state index contributed by atoms with van der Waals surface area (Å²) in [6, 6.07) is 13.5. The second-order valence-electron chi connectivity index (χ2n) is 6.40. The van der Waals surface area contributed by atoms with Crippen molar-refractivity contribution in [3.63, 3.8) is 0 Å². The molecule has 10 heteroatoms. The fourth-order valence-corrected chi connectivity index (χ4v) is 3.56. The summed E-state index contributed by atoms with van der Waals surface area (Å²) in [6.07, 6.45) is -0.405. The predicted octanol–water partition coefficient (Wildman–Crippen LogP) is 2.01. The van der Waals surface area contributed by atoms with Gasteiger partial charge in [-0.3, -0.25) is 4.90 Å². The highest BCUT2D eigenvalue weighted by Crippen LogP contribution is 2.22. The molecule has 9 nitrogen and oxygen atoms in total. The summed E-state index contributed by atoms with van der Waals surface area (Å²) >= 11 is 0. The quantitative estimate of drug-likeness (QED) is 0.636. The zero-order valence-corrected chi connectivity index (χ0v) is 16.7. The van der Waals surface area contributed by atoms with E-state index in [0.29, 0.717) is 30.1 Å². The SMILES string of the molecule is CNS(=O)(=O)Cc1ccc(CNC(=O)Nc2cccc(N3CCOC3=O)c2)cc1. The summed E-state index contributed by atoms with van der Waals surface area (Å²) in [6.45, 7) is 1.10. The van der Waals surface area contributed by atoms with Crippen molar-refractivity contribution in [1.82, 2.24) is 10.0 Å². The van der Waals surface area contributed by atoms with E-state index >= 15 is 0 Å². The number of carbonyl (C=O) groups excluding carboxylic acids is 2. The molecule has 154 valence electrons. The van der Waals surface area contributed by atoms with Crippen LogP contribution in [0.1, 0.15) is 11.1 Å². The van der Waals surface area contributed by atoms with Gasteiger partial charge < -0.3 is 15.4 Å². The van der Waals surface area contributed by atoms with Gasteiger partial charge in [-0.15, -0.1) is 0 Å². The minimum Gasteiger partial charge on any atom is -0.447 e. The zero-order valence-electron chi connectivity index (χ0n) is 15.8. The van der Waals surface area contributed by atoms with Crippen molar-refractivity contribution in [3.8, 4) is 0 Å². The van der Waals surface area contributed by atoms with Crippen LogP contribution in [0.4, 0.5) is 21.0 Å². The number of hydrogen-bond acceptors (Lipinski definition) is 5. The number of carbonyl (C=O) groups is 2. The minimum absolute atomic E-state index is 0.0986. The lowest BCUT2D eigenvalue weighted by Gasteiger charge is -2.14. The van der Waals surface area contributed by atoms with Crippen LogP contribution >= 0.6 is 0 Å². The van der Waals surface area contributed by atoms with Crippen LogP contribution in [0.5, 0.6) is 0 Å². The molecule has 3 amide bonds. The Morgan fingerprint density at radius 3 is 2.52 bits per heavy atom. The van der Waals surface area contributed by atoms with Crippen molar-refractivity contribution in [2.24, 2.45) is 0 Å². The van der Waals surface area contributed by atoms with Crippen LogP contribution in [0.15, 0.2) is 48.5 Å². The number of benzene rings is 2. The summed E-state index contributed by atoms with van der Waals surface area (Å²) in [5.41, 5.74) is 2.69. The third-order valence-corrected chi connectivity index (χ3v) is 5.66. The number of cyclic esters (lactones) is 1. The maximum Gasteiger partial charge on any atom is 0.414 e. The monoisotopic (exact) mass is 418 g/mol. The van der Waals surface area contributed by atoms with Gasteiger partial charge in [-0.2, -0.15) is 0 Å². The molecule has 1 aliphatic heterocycles. The Bertz CT molecular complexity index is 992. The molecule has 1 aliphatic rings. The molecule has 1 fully saturated rings. The van der Waals surface area contributed by atoms with E-state index in [1.54, 1.807) is 48.5 Å². The van der Waals surface area contributed by atoms with Gasteiger partial charge in [0.2, 0.25) is 10.0 Å². The molecule has 1 heterocycles. The molecule has 0 spiro atoms. The highest BCUT2D eigenvalue weighted by atomic mass is 32.2. The molecule has 0 unspecified atom stereocenters. The van der Waals surface area contributed by atoms with Crippen LogP contribution in [0.2, 0.25) is 0 Å². The largest absolute Gasteiger partial charge is 0.447 e. The molecular weight excluding hydrogens is 396 g/mol. The van der Waals surface area contributed by atoms with E-state index in [1.807, 2.05) is 0 Å². The Hall–Kier alpha value is -3.11. The first kappa shape index (κ1) is 20.6. The number of rotatable bonds is 7. The van der Waals surface area contributed by atoms with Crippen molar-refractivity contribution >= 4 is 33.5 Å². The Morgan fingerprint density at radius 1 is 1.14 bits per heavy atom. The molecule has 2 aromatic carbocycles. The normalized spacial score (nSPS) is 13.8. The second-order valence-corrected chi connectivity index (χ2v) is 8.33. The van der Waals surface area contributed by atoms with Gasteiger partial charge in [-0.05, 0) is 36.4 Å². The number of nitrogens with zero attached hydrogens (tertiary/aromatic N) is 1. The molecule has 2 aromatic rings. The molecule has 0 bridgehead atoms. The molecule has 29 heavy (non-hydrogen) atoms. The van der Waals surface area contributed by atoms with Crippen molar-refractivity contribution in [2.75, 3.05) is 30.4 Å². The fourth-order valence-electron chi connectivity index (χ4n) is 2.78. The Balaban J connectivity index is 1.53.